The minimum atomic E-state index is -3.52. The predicted molar refractivity (Wildman–Crippen MR) is 73.3 cm³/mol. The maximum absolute atomic E-state index is 12.3. The summed E-state index contributed by atoms with van der Waals surface area (Å²) in [6.07, 6.45) is 1.14. The first-order valence-corrected chi connectivity index (χ1v) is 7.83. The summed E-state index contributed by atoms with van der Waals surface area (Å²) in [5.74, 6) is 0. The maximum Gasteiger partial charge on any atom is 0.242 e. The van der Waals surface area contributed by atoms with E-state index in [9.17, 15) is 13.5 Å². The summed E-state index contributed by atoms with van der Waals surface area (Å²) in [5, 5.41) is 13.6. The topological polar surface area (TPSA) is 69.6 Å². The molecule has 1 aliphatic rings. The molecule has 0 bridgehead atoms. The SMILES string of the molecule is CN(CC1(O)CCNCC1)S(=O)(=O)c1ccccc1. The van der Waals surface area contributed by atoms with Crippen LogP contribution in [0.25, 0.3) is 0 Å². The quantitative estimate of drug-likeness (QED) is 0.841. The van der Waals surface area contributed by atoms with Gasteiger partial charge in [-0.3, -0.25) is 0 Å². The Morgan fingerprint density at radius 2 is 1.84 bits per heavy atom. The van der Waals surface area contributed by atoms with E-state index in [1.807, 2.05) is 0 Å². The molecule has 0 spiro atoms. The van der Waals surface area contributed by atoms with Crippen molar-refractivity contribution in [1.29, 1.82) is 0 Å². The minimum absolute atomic E-state index is 0.131. The summed E-state index contributed by atoms with van der Waals surface area (Å²) in [4.78, 5) is 0.259. The Balaban J connectivity index is 2.13. The van der Waals surface area contributed by atoms with Crippen LogP contribution in [0, 0.1) is 0 Å². The number of rotatable bonds is 4. The molecule has 1 aliphatic heterocycles. The second kappa shape index (κ2) is 5.58. The fourth-order valence-corrected chi connectivity index (χ4v) is 3.59. The average molecular weight is 284 g/mol. The molecule has 1 heterocycles. The van der Waals surface area contributed by atoms with E-state index >= 15 is 0 Å². The number of benzene rings is 1. The van der Waals surface area contributed by atoms with E-state index in [4.69, 9.17) is 0 Å². The van der Waals surface area contributed by atoms with Crippen LogP contribution in [0.1, 0.15) is 12.8 Å². The van der Waals surface area contributed by atoms with E-state index in [0.29, 0.717) is 12.8 Å². The molecule has 1 fully saturated rings. The first-order chi connectivity index (χ1) is 8.94. The van der Waals surface area contributed by atoms with Gasteiger partial charge < -0.3 is 10.4 Å². The van der Waals surface area contributed by atoms with Crippen molar-refractivity contribution in [2.45, 2.75) is 23.3 Å². The van der Waals surface area contributed by atoms with Gasteiger partial charge in [-0.15, -0.1) is 0 Å². The van der Waals surface area contributed by atoms with E-state index in [2.05, 4.69) is 5.32 Å². The highest BCUT2D eigenvalue weighted by Crippen LogP contribution is 2.22. The normalized spacial score (nSPS) is 19.5. The largest absolute Gasteiger partial charge is 0.388 e. The zero-order valence-electron chi connectivity index (χ0n) is 11.0. The van der Waals surface area contributed by atoms with Crippen molar-refractivity contribution in [2.24, 2.45) is 0 Å². The first-order valence-electron chi connectivity index (χ1n) is 6.39. The minimum Gasteiger partial charge on any atom is -0.388 e. The fraction of sp³-hybridized carbons (Fsp3) is 0.538. The van der Waals surface area contributed by atoms with E-state index in [1.54, 1.807) is 30.3 Å². The molecule has 0 radical (unpaired) electrons. The van der Waals surface area contributed by atoms with Crippen molar-refractivity contribution in [3.05, 3.63) is 30.3 Å². The number of aliphatic hydroxyl groups is 1. The molecule has 5 nitrogen and oxygen atoms in total. The van der Waals surface area contributed by atoms with E-state index < -0.39 is 15.6 Å². The second-order valence-corrected chi connectivity index (χ2v) is 7.09. The molecule has 2 rings (SSSR count). The van der Waals surface area contributed by atoms with Gasteiger partial charge in [0.2, 0.25) is 10.0 Å². The van der Waals surface area contributed by atoms with Gasteiger partial charge in [0.15, 0.2) is 0 Å². The molecule has 0 aromatic heterocycles. The van der Waals surface area contributed by atoms with Gasteiger partial charge >= 0.3 is 0 Å². The van der Waals surface area contributed by atoms with Crippen molar-refractivity contribution in [2.75, 3.05) is 26.7 Å². The number of sulfonamides is 1. The molecule has 6 heteroatoms. The number of hydrogen-bond acceptors (Lipinski definition) is 4. The molecule has 0 amide bonds. The van der Waals surface area contributed by atoms with Crippen LogP contribution in [0.5, 0.6) is 0 Å². The standard InChI is InChI=1S/C13H20N2O3S/c1-15(11-13(16)7-9-14-10-8-13)19(17,18)12-5-3-2-4-6-12/h2-6,14,16H,7-11H2,1H3. The number of nitrogens with one attached hydrogen (secondary N) is 1. The number of likely N-dealkylation sites (N-methyl/N-ethyl adjacent to an activating group) is 1. The van der Waals surface area contributed by atoms with Crippen molar-refractivity contribution < 1.29 is 13.5 Å². The van der Waals surface area contributed by atoms with Crippen molar-refractivity contribution >= 4 is 10.0 Å². The summed E-state index contributed by atoms with van der Waals surface area (Å²) < 4.78 is 25.9. The van der Waals surface area contributed by atoms with Crippen molar-refractivity contribution in [3.63, 3.8) is 0 Å². The van der Waals surface area contributed by atoms with Crippen LogP contribution in [0.4, 0.5) is 0 Å². The molecule has 1 aromatic carbocycles. The Morgan fingerprint density at radius 3 is 2.42 bits per heavy atom. The molecule has 19 heavy (non-hydrogen) atoms. The summed E-state index contributed by atoms with van der Waals surface area (Å²) in [7, 11) is -2.01. The Hall–Kier alpha value is -0.950. The lowest BCUT2D eigenvalue weighted by Crippen LogP contribution is -2.50. The number of hydrogen-bond donors (Lipinski definition) is 2. The Kier molecular flexibility index (Phi) is 4.25. The summed E-state index contributed by atoms with van der Waals surface area (Å²) in [5.41, 5.74) is -0.929. The summed E-state index contributed by atoms with van der Waals surface area (Å²) in [6.45, 7) is 1.57. The molecular formula is C13H20N2O3S. The molecule has 1 saturated heterocycles. The van der Waals surface area contributed by atoms with Crippen LogP contribution in [-0.4, -0.2) is 50.1 Å². The van der Waals surface area contributed by atoms with Gasteiger partial charge in [-0.05, 0) is 38.1 Å². The lowest BCUT2D eigenvalue weighted by molar-refractivity contribution is -0.00125. The highest BCUT2D eigenvalue weighted by molar-refractivity contribution is 7.89. The molecule has 0 unspecified atom stereocenters. The Bertz CT molecular complexity index is 510. The highest BCUT2D eigenvalue weighted by Gasteiger charge is 2.34. The van der Waals surface area contributed by atoms with Gasteiger partial charge in [0.05, 0.1) is 10.5 Å². The monoisotopic (exact) mass is 284 g/mol. The zero-order valence-corrected chi connectivity index (χ0v) is 11.9. The van der Waals surface area contributed by atoms with Gasteiger partial charge in [0.25, 0.3) is 0 Å². The third-order valence-corrected chi connectivity index (χ3v) is 5.32. The summed E-state index contributed by atoms with van der Waals surface area (Å²) in [6, 6.07) is 8.30. The average Bonchev–Trinajstić information content (AvgIpc) is 2.40. The molecule has 0 aliphatic carbocycles. The van der Waals surface area contributed by atoms with Gasteiger partial charge in [-0.1, -0.05) is 18.2 Å². The Labute approximate surface area is 114 Å². The molecule has 1 aromatic rings. The van der Waals surface area contributed by atoms with Gasteiger partial charge in [0, 0.05) is 13.6 Å². The molecule has 106 valence electrons. The molecular weight excluding hydrogens is 264 g/mol. The molecule has 0 atom stereocenters. The zero-order chi connectivity index (χ0) is 13.9. The van der Waals surface area contributed by atoms with Gasteiger partial charge in [0.1, 0.15) is 0 Å². The third kappa shape index (κ3) is 3.33. The predicted octanol–water partition coefficient (Wildman–Crippen LogP) is 0.422. The summed E-state index contributed by atoms with van der Waals surface area (Å²) >= 11 is 0. The number of piperidine rings is 1. The second-order valence-electron chi connectivity index (χ2n) is 5.05. The maximum atomic E-state index is 12.3. The number of nitrogens with zero attached hydrogens (tertiary/aromatic N) is 1. The van der Waals surface area contributed by atoms with Crippen LogP contribution < -0.4 is 5.32 Å². The van der Waals surface area contributed by atoms with E-state index in [1.165, 1.54) is 11.4 Å². The molecule has 0 saturated carbocycles. The van der Waals surface area contributed by atoms with E-state index in [0.717, 1.165) is 13.1 Å². The smallest absolute Gasteiger partial charge is 0.242 e. The van der Waals surface area contributed by atoms with Crippen LogP contribution >= 0.6 is 0 Å². The van der Waals surface area contributed by atoms with E-state index in [-0.39, 0.29) is 11.4 Å². The van der Waals surface area contributed by atoms with Crippen LogP contribution in [0.15, 0.2) is 35.2 Å². The highest BCUT2D eigenvalue weighted by atomic mass is 32.2. The van der Waals surface area contributed by atoms with Gasteiger partial charge in [-0.25, -0.2) is 8.42 Å². The van der Waals surface area contributed by atoms with Crippen molar-refractivity contribution in [1.82, 2.24) is 9.62 Å². The van der Waals surface area contributed by atoms with Gasteiger partial charge in [-0.2, -0.15) is 4.31 Å². The van der Waals surface area contributed by atoms with Crippen LogP contribution in [0.2, 0.25) is 0 Å². The van der Waals surface area contributed by atoms with Crippen molar-refractivity contribution in [3.8, 4) is 0 Å². The third-order valence-electron chi connectivity index (χ3n) is 3.50. The lowest BCUT2D eigenvalue weighted by atomic mass is 9.93. The fourth-order valence-electron chi connectivity index (χ4n) is 2.32. The Morgan fingerprint density at radius 1 is 1.26 bits per heavy atom. The van der Waals surface area contributed by atoms with Crippen LogP contribution in [-0.2, 0) is 10.0 Å². The first kappa shape index (κ1) is 14.5. The van der Waals surface area contributed by atoms with Crippen LogP contribution in [0.3, 0.4) is 0 Å². The molecule has 2 N–H and O–H groups in total. The lowest BCUT2D eigenvalue weighted by Gasteiger charge is -2.35.